The van der Waals surface area contributed by atoms with Crippen LogP contribution in [0, 0.1) is 16.7 Å². The van der Waals surface area contributed by atoms with Crippen LogP contribution in [-0.2, 0) is 0 Å². The summed E-state index contributed by atoms with van der Waals surface area (Å²) in [5.74, 6) is 0. The van der Waals surface area contributed by atoms with E-state index in [1.807, 2.05) is 24.3 Å². The van der Waals surface area contributed by atoms with E-state index < -0.39 is 0 Å². The highest BCUT2D eigenvalue weighted by Crippen LogP contribution is 2.20. The monoisotopic (exact) mass is 202 g/mol. The number of anilines is 1. The first kappa shape index (κ1) is 11.6. The van der Waals surface area contributed by atoms with Crippen molar-refractivity contribution in [3.05, 3.63) is 29.8 Å². The number of rotatable bonds is 2. The van der Waals surface area contributed by atoms with E-state index in [1.165, 1.54) is 0 Å². The zero-order chi connectivity index (χ0) is 11.5. The van der Waals surface area contributed by atoms with Crippen LogP contribution in [0.5, 0.6) is 0 Å². The van der Waals surface area contributed by atoms with Crippen LogP contribution in [0.3, 0.4) is 0 Å². The van der Waals surface area contributed by atoms with Crippen LogP contribution in [0.1, 0.15) is 26.3 Å². The lowest BCUT2D eigenvalue weighted by Gasteiger charge is -2.28. The van der Waals surface area contributed by atoms with Crippen LogP contribution in [0.15, 0.2) is 24.3 Å². The van der Waals surface area contributed by atoms with Gasteiger partial charge in [0.2, 0.25) is 0 Å². The van der Waals surface area contributed by atoms with Gasteiger partial charge < -0.3 is 4.90 Å². The third-order valence-electron chi connectivity index (χ3n) is 2.15. The molecule has 0 unspecified atom stereocenters. The molecule has 0 bridgehead atoms. The molecule has 0 aliphatic rings. The van der Waals surface area contributed by atoms with Gasteiger partial charge in [0.15, 0.2) is 0 Å². The van der Waals surface area contributed by atoms with E-state index in [0.29, 0.717) is 5.56 Å². The summed E-state index contributed by atoms with van der Waals surface area (Å²) in [7, 11) is 2.08. The molecule has 0 amide bonds. The van der Waals surface area contributed by atoms with Crippen molar-refractivity contribution < 1.29 is 0 Å². The van der Waals surface area contributed by atoms with Crippen LogP contribution >= 0.6 is 0 Å². The summed E-state index contributed by atoms with van der Waals surface area (Å²) in [6, 6.07) is 9.81. The van der Waals surface area contributed by atoms with Gasteiger partial charge >= 0.3 is 0 Å². The molecule has 80 valence electrons. The Morgan fingerprint density at radius 2 is 1.73 bits per heavy atom. The van der Waals surface area contributed by atoms with E-state index in [9.17, 15) is 0 Å². The fourth-order valence-electron chi connectivity index (χ4n) is 1.59. The molecule has 0 aromatic heterocycles. The van der Waals surface area contributed by atoms with Gasteiger partial charge in [0.1, 0.15) is 0 Å². The zero-order valence-electron chi connectivity index (χ0n) is 9.91. The summed E-state index contributed by atoms with van der Waals surface area (Å²) in [6.07, 6.45) is 0. The average molecular weight is 202 g/mol. The maximum absolute atomic E-state index is 8.69. The van der Waals surface area contributed by atoms with E-state index >= 15 is 0 Å². The van der Waals surface area contributed by atoms with Crippen molar-refractivity contribution in [1.29, 1.82) is 5.26 Å². The molecule has 0 heterocycles. The first-order valence-corrected chi connectivity index (χ1v) is 5.14. The van der Waals surface area contributed by atoms with Gasteiger partial charge in [-0.1, -0.05) is 20.8 Å². The number of hydrogen-bond acceptors (Lipinski definition) is 2. The smallest absolute Gasteiger partial charge is 0.0991 e. The second kappa shape index (κ2) is 4.35. The molecule has 0 saturated carbocycles. The molecule has 15 heavy (non-hydrogen) atoms. The number of nitrogens with zero attached hydrogens (tertiary/aromatic N) is 2. The molecular weight excluding hydrogens is 184 g/mol. The highest BCUT2D eigenvalue weighted by atomic mass is 15.1. The van der Waals surface area contributed by atoms with Gasteiger partial charge in [-0.2, -0.15) is 5.26 Å². The summed E-state index contributed by atoms with van der Waals surface area (Å²) in [5, 5.41) is 8.69. The fourth-order valence-corrected chi connectivity index (χ4v) is 1.59. The van der Waals surface area contributed by atoms with E-state index in [1.54, 1.807) is 0 Å². The van der Waals surface area contributed by atoms with E-state index in [-0.39, 0.29) is 5.41 Å². The summed E-state index contributed by atoms with van der Waals surface area (Å²) in [5.41, 5.74) is 2.15. The standard InChI is InChI=1S/C13H18N2/c1-13(2,3)10-15(4)12-7-5-11(9-14)6-8-12/h5-8H,10H2,1-4H3. The Morgan fingerprint density at radius 3 is 2.13 bits per heavy atom. The Morgan fingerprint density at radius 1 is 1.20 bits per heavy atom. The molecule has 0 spiro atoms. The Hall–Kier alpha value is -1.49. The minimum absolute atomic E-state index is 0.280. The van der Waals surface area contributed by atoms with Gasteiger partial charge in [-0.05, 0) is 29.7 Å². The van der Waals surface area contributed by atoms with Crippen molar-refractivity contribution in [3.63, 3.8) is 0 Å². The molecule has 1 aromatic carbocycles. The highest BCUT2D eigenvalue weighted by Gasteiger charge is 2.13. The minimum Gasteiger partial charge on any atom is -0.374 e. The van der Waals surface area contributed by atoms with Crippen LogP contribution < -0.4 is 4.90 Å². The van der Waals surface area contributed by atoms with E-state index in [0.717, 1.165) is 12.2 Å². The SMILES string of the molecule is CN(CC(C)(C)C)c1ccc(C#N)cc1. The second-order valence-electron chi connectivity index (χ2n) is 5.08. The molecule has 2 heteroatoms. The van der Waals surface area contributed by atoms with Crippen molar-refractivity contribution in [2.45, 2.75) is 20.8 Å². The molecular formula is C13H18N2. The quantitative estimate of drug-likeness (QED) is 0.737. The van der Waals surface area contributed by atoms with Crippen molar-refractivity contribution in [2.24, 2.45) is 5.41 Å². The second-order valence-corrected chi connectivity index (χ2v) is 5.08. The molecule has 0 N–H and O–H groups in total. The molecule has 0 aliphatic carbocycles. The Balaban J connectivity index is 2.75. The lowest BCUT2D eigenvalue weighted by Crippen LogP contribution is -2.28. The number of hydrogen-bond donors (Lipinski definition) is 0. The molecule has 0 saturated heterocycles. The first-order chi connectivity index (χ1) is 6.92. The van der Waals surface area contributed by atoms with Gasteiger partial charge in [-0.3, -0.25) is 0 Å². The van der Waals surface area contributed by atoms with Crippen molar-refractivity contribution in [2.75, 3.05) is 18.5 Å². The third kappa shape index (κ3) is 3.63. The lowest BCUT2D eigenvalue weighted by atomic mass is 9.96. The molecule has 1 rings (SSSR count). The zero-order valence-corrected chi connectivity index (χ0v) is 9.91. The summed E-state index contributed by atoms with van der Waals surface area (Å²) in [4.78, 5) is 2.21. The van der Waals surface area contributed by atoms with Gasteiger partial charge in [0.05, 0.1) is 11.6 Å². The molecule has 1 aromatic rings. The van der Waals surface area contributed by atoms with Crippen molar-refractivity contribution in [3.8, 4) is 6.07 Å². The van der Waals surface area contributed by atoms with Gasteiger partial charge in [0, 0.05) is 19.3 Å². The molecule has 0 fully saturated rings. The van der Waals surface area contributed by atoms with Crippen LogP contribution in [0.4, 0.5) is 5.69 Å². The van der Waals surface area contributed by atoms with Gasteiger partial charge in [-0.15, -0.1) is 0 Å². The fraction of sp³-hybridized carbons (Fsp3) is 0.462. The summed E-state index contributed by atoms with van der Waals surface area (Å²) in [6.45, 7) is 7.65. The average Bonchev–Trinajstić information content (AvgIpc) is 2.15. The van der Waals surface area contributed by atoms with Crippen LogP contribution in [0.2, 0.25) is 0 Å². The number of benzene rings is 1. The maximum Gasteiger partial charge on any atom is 0.0991 e. The van der Waals surface area contributed by atoms with Crippen molar-refractivity contribution >= 4 is 5.69 Å². The molecule has 0 radical (unpaired) electrons. The van der Waals surface area contributed by atoms with Crippen LogP contribution in [0.25, 0.3) is 0 Å². The highest BCUT2D eigenvalue weighted by molar-refractivity contribution is 5.49. The minimum atomic E-state index is 0.280. The Bertz CT molecular complexity index is 352. The Kier molecular flexibility index (Phi) is 3.36. The molecule has 0 atom stereocenters. The van der Waals surface area contributed by atoms with E-state index in [4.69, 9.17) is 5.26 Å². The first-order valence-electron chi connectivity index (χ1n) is 5.14. The third-order valence-corrected chi connectivity index (χ3v) is 2.15. The normalized spacial score (nSPS) is 10.9. The van der Waals surface area contributed by atoms with Crippen molar-refractivity contribution in [1.82, 2.24) is 0 Å². The lowest BCUT2D eigenvalue weighted by molar-refractivity contribution is 0.419. The predicted molar refractivity (Wildman–Crippen MR) is 63.9 cm³/mol. The number of nitriles is 1. The largest absolute Gasteiger partial charge is 0.374 e. The predicted octanol–water partition coefficient (Wildman–Crippen LogP) is 3.04. The summed E-state index contributed by atoms with van der Waals surface area (Å²) < 4.78 is 0. The molecule has 0 aliphatic heterocycles. The molecule has 2 nitrogen and oxygen atoms in total. The Labute approximate surface area is 92.1 Å². The maximum atomic E-state index is 8.69. The topological polar surface area (TPSA) is 27.0 Å². The van der Waals surface area contributed by atoms with Gasteiger partial charge in [-0.25, -0.2) is 0 Å². The van der Waals surface area contributed by atoms with Gasteiger partial charge in [0.25, 0.3) is 0 Å². The van der Waals surface area contributed by atoms with E-state index in [2.05, 4.69) is 38.8 Å². The summed E-state index contributed by atoms with van der Waals surface area (Å²) >= 11 is 0. The van der Waals surface area contributed by atoms with Crippen LogP contribution in [-0.4, -0.2) is 13.6 Å².